The van der Waals surface area contributed by atoms with Crippen LogP contribution in [0.15, 0.2) is 36.5 Å². The molecule has 0 bridgehead atoms. The molecule has 0 aliphatic carbocycles. The highest BCUT2D eigenvalue weighted by atomic mass is 15.1. The van der Waals surface area contributed by atoms with Gasteiger partial charge in [-0.1, -0.05) is 18.2 Å². The molecule has 0 aliphatic heterocycles. The smallest absolute Gasteiger partial charge is 0.0949 e. The van der Waals surface area contributed by atoms with Gasteiger partial charge in [-0.3, -0.25) is 9.88 Å². The lowest BCUT2D eigenvalue weighted by Crippen LogP contribution is -2.27. The first-order chi connectivity index (χ1) is 8.22. The van der Waals surface area contributed by atoms with Crippen LogP contribution in [0.5, 0.6) is 0 Å². The van der Waals surface area contributed by atoms with E-state index in [1.807, 2.05) is 49.3 Å². The lowest BCUT2D eigenvalue weighted by atomic mass is 10.1. The molecule has 3 heteroatoms. The first-order valence-electron chi connectivity index (χ1n) is 5.65. The van der Waals surface area contributed by atoms with Gasteiger partial charge in [0.15, 0.2) is 0 Å². The van der Waals surface area contributed by atoms with Gasteiger partial charge in [0, 0.05) is 18.1 Å². The van der Waals surface area contributed by atoms with Crippen molar-refractivity contribution in [1.82, 2.24) is 9.88 Å². The lowest BCUT2D eigenvalue weighted by Gasteiger charge is -2.19. The molecule has 0 fully saturated rings. The van der Waals surface area contributed by atoms with E-state index in [-0.39, 0.29) is 6.04 Å². The number of fused-ring (bicyclic) bond motifs is 1. The molecule has 0 N–H and O–H groups in total. The van der Waals surface area contributed by atoms with E-state index in [1.165, 1.54) is 5.56 Å². The second-order valence-corrected chi connectivity index (χ2v) is 4.21. The summed E-state index contributed by atoms with van der Waals surface area (Å²) < 4.78 is 0. The highest BCUT2D eigenvalue weighted by Crippen LogP contribution is 2.17. The van der Waals surface area contributed by atoms with E-state index in [4.69, 9.17) is 5.26 Å². The second-order valence-electron chi connectivity index (χ2n) is 4.21. The fourth-order valence-electron chi connectivity index (χ4n) is 1.80. The summed E-state index contributed by atoms with van der Waals surface area (Å²) in [4.78, 5) is 6.36. The van der Waals surface area contributed by atoms with Gasteiger partial charge in [0.1, 0.15) is 0 Å². The Morgan fingerprint density at radius 2 is 2.12 bits per heavy atom. The van der Waals surface area contributed by atoms with Crippen LogP contribution < -0.4 is 0 Å². The molecule has 86 valence electrons. The Kier molecular flexibility index (Phi) is 3.36. The normalized spacial score (nSPS) is 12.6. The molecule has 3 nitrogen and oxygen atoms in total. The number of para-hydroxylation sites is 1. The molecule has 2 rings (SSSR count). The van der Waals surface area contributed by atoms with E-state index >= 15 is 0 Å². The van der Waals surface area contributed by atoms with Gasteiger partial charge in [-0.2, -0.15) is 5.26 Å². The maximum absolute atomic E-state index is 8.89. The van der Waals surface area contributed by atoms with E-state index in [1.54, 1.807) is 0 Å². The van der Waals surface area contributed by atoms with Crippen molar-refractivity contribution in [3.8, 4) is 6.07 Å². The van der Waals surface area contributed by atoms with Crippen LogP contribution in [0.3, 0.4) is 0 Å². The van der Waals surface area contributed by atoms with Crippen molar-refractivity contribution < 1.29 is 0 Å². The van der Waals surface area contributed by atoms with E-state index in [2.05, 4.69) is 17.1 Å². The maximum Gasteiger partial charge on any atom is 0.0949 e. The van der Waals surface area contributed by atoms with Crippen molar-refractivity contribution >= 4 is 10.9 Å². The van der Waals surface area contributed by atoms with E-state index in [0.717, 1.165) is 17.4 Å². The summed E-state index contributed by atoms with van der Waals surface area (Å²) in [5, 5.41) is 10.1. The first kappa shape index (κ1) is 11.6. The minimum absolute atomic E-state index is 0.0815. The molecular weight excluding hydrogens is 210 g/mol. The molecule has 0 saturated heterocycles. The summed E-state index contributed by atoms with van der Waals surface area (Å²) in [6, 6.07) is 12.3. The zero-order valence-corrected chi connectivity index (χ0v) is 10.1. The Labute approximate surface area is 101 Å². The fourth-order valence-corrected chi connectivity index (χ4v) is 1.80. The predicted octanol–water partition coefficient (Wildman–Crippen LogP) is 2.58. The Morgan fingerprint density at radius 3 is 2.88 bits per heavy atom. The maximum atomic E-state index is 8.89. The van der Waals surface area contributed by atoms with Gasteiger partial charge in [0.25, 0.3) is 0 Å². The van der Waals surface area contributed by atoms with E-state index in [9.17, 15) is 0 Å². The quantitative estimate of drug-likeness (QED) is 0.806. The molecule has 1 aromatic heterocycles. The Bertz CT molecular complexity index is 551. The number of aromatic nitrogens is 1. The summed E-state index contributed by atoms with van der Waals surface area (Å²) in [6.07, 6.45) is 1.82. The number of nitriles is 1. The number of hydrogen-bond acceptors (Lipinski definition) is 3. The van der Waals surface area contributed by atoms with Crippen molar-refractivity contribution in [2.24, 2.45) is 0 Å². The van der Waals surface area contributed by atoms with Crippen molar-refractivity contribution in [2.75, 3.05) is 7.05 Å². The van der Waals surface area contributed by atoms with Gasteiger partial charge in [-0.25, -0.2) is 0 Å². The number of rotatable bonds is 3. The van der Waals surface area contributed by atoms with Gasteiger partial charge in [-0.15, -0.1) is 0 Å². The van der Waals surface area contributed by atoms with Crippen LogP contribution in [-0.2, 0) is 6.54 Å². The van der Waals surface area contributed by atoms with Gasteiger partial charge in [-0.05, 0) is 31.7 Å². The number of hydrogen-bond donors (Lipinski definition) is 0. The molecule has 0 spiro atoms. The van der Waals surface area contributed by atoms with Crippen molar-refractivity contribution in [1.29, 1.82) is 5.26 Å². The van der Waals surface area contributed by atoms with Crippen LogP contribution in [0.4, 0.5) is 0 Å². The standard InChI is InChI=1S/C14H15N3/c1-11(9-15)17(2)10-12-7-8-16-14-6-4-3-5-13(12)14/h3-8,11H,10H2,1-2H3. The number of nitrogens with zero attached hydrogens (tertiary/aromatic N) is 3. The Hall–Kier alpha value is -1.92. The highest BCUT2D eigenvalue weighted by molar-refractivity contribution is 5.81. The van der Waals surface area contributed by atoms with Gasteiger partial charge < -0.3 is 0 Å². The molecule has 0 radical (unpaired) electrons. The van der Waals surface area contributed by atoms with E-state index < -0.39 is 0 Å². The minimum atomic E-state index is -0.0815. The molecule has 1 unspecified atom stereocenters. The largest absolute Gasteiger partial charge is 0.287 e. The molecule has 0 aliphatic rings. The third kappa shape index (κ3) is 2.43. The zero-order chi connectivity index (χ0) is 12.3. The lowest BCUT2D eigenvalue weighted by molar-refractivity contribution is 0.295. The Balaban J connectivity index is 2.34. The van der Waals surface area contributed by atoms with Gasteiger partial charge in [0.05, 0.1) is 17.6 Å². The molecule has 0 amide bonds. The van der Waals surface area contributed by atoms with Crippen molar-refractivity contribution in [3.05, 3.63) is 42.1 Å². The van der Waals surface area contributed by atoms with Crippen LogP contribution in [0.1, 0.15) is 12.5 Å². The van der Waals surface area contributed by atoms with Crippen LogP contribution in [-0.4, -0.2) is 23.0 Å². The summed E-state index contributed by atoms with van der Waals surface area (Å²) >= 11 is 0. The SMILES string of the molecule is CC(C#N)N(C)Cc1ccnc2ccccc12. The number of pyridine rings is 1. The van der Waals surface area contributed by atoms with Crippen molar-refractivity contribution in [2.45, 2.75) is 19.5 Å². The summed E-state index contributed by atoms with van der Waals surface area (Å²) in [5.74, 6) is 0. The minimum Gasteiger partial charge on any atom is -0.287 e. The average Bonchev–Trinajstić information content (AvgIpc) is 2.38. The van der Waals surface area contributed by atoms with Crippen molar-refractivity contribution in [3.63, 3.8) is 0 Å². The summed E-state index contributed by atoms with van der Waals surface area (Å²) in [6.45, 7) is 2.67. The second kappa shape index (κ2) is 4.94. The third-order valence-corrected chi connectivity index (χ3v) is 3.01. The molecule has 0 saturated carbocycles. The molecule has 1 atom stereocenters. The number of benzene rings is 1. The first-order valence-corrected chi connectivity index (χ1v) is 5.65. The molecule has 1 aromatic carbocycles. The molecule has 17 heavy (non-hydrogen) atoms. The summed E-state index contributed by atoms with van der Waals surface area (Å²) in [7, 11) is 1.96. The molecule has 1 heterocycles. The average molecular weight is 225 g/mol. The fraction of sp³-hybridized carbons (Fsp3) is 0.286. The predicted molar refractivity (Wildman–Crippen MR) is 68.3 cm³/mol. The van der Waals surface area contributed by atoms with Crippen LogP contribution in [0.2, 0.25) is 0 Å². The van der Waals surface area contributed by atoms with Crippen LogP contribution in [0, 0.1) is 11.3 Å². The summed E-state index contributed by atoms with van der Waals surface area (Å²) in [5.41, 5.74) is 2.21. The topological polar surface area (TPSA) is 39.9 Å². The molecule has 2 aromatic rings. The van der Waals surface area contributed by atoms with Gasteiger partial charge >= 0.3 is 0 Å². The van der Waals surface area contributed by atoms with Crippen LogP contribution in [0.25, 0.3) is 10.9 Å². The third-order valence-electron chi connectivity index (χ3n) is 3.01. The van der Waals surface area contributed by atoms with Crippen LogP contribution >= 0.6 is 0 Å². The van der Waals surface area contributed by atoms with Gasteiger partial charge in [0.2, 0.25) is 0 Å². The Morgan fingerprint density at radius 1 is 1.35 bits per heavy atom. The highest BCUT2D eigenvalue weighted by Gasteiger charge is 2.10. The molecular formula is C14H15N3. The zero-order valence-electron chi connectivity index (χ0n) is 10.1. The monoisotopic (exact) mass is 225 g/mol. The van der Waals surface area contributed by atoms with E-state index in [0.29, 0.717) is 0 Å².